The van der Waals surface area contributed by atoms with Crippen molar-refractivity contribution < 1.29 is 8.81 Å². The third kappa shape index (κ3) is 3.62. The first-order chi connectivity index (χ1) is 17.5. The van der Waals surface area contributed by atoms with Gasteiger partial charge in [-0.25, -0.2) is 9.37 Å². The molecule has 36 heavy (non-hydrogen) atoms. The topological polar surface area (TPSA) is 65.3 Å². The van der Waals surface area contributed by atoms with Crippen molar-refractivity contribution in [1.82, 2.24) is 14.2 Å². The molecule has 0 bridgehead atoms. The number of halogens is 1. The van der Waals surface area contributed by atoms with Crippen molar-refractivity contribution in [1.29, 1.82) is 0 Å². The van der Waals surface area contributed by atoms with Crippen molar-refractivity contribution in [3.8, 4) is 17.3 Å². The van der Waals surface area contributed by atoms with Crippen LogP contribution in [0.15, 0.2) is 99.2 Å². The summed E-state index contributed by atoms with van der Waals surface area (Å²) in [5.41, 5.74) is 4.52. The second-order valence-corrected chi connectivity index (χ2v) is 8.60. The maximum Gasteiger partial charge on any atom is 0.282 e. The minimum absolute atomic E-state index is 0.288. The summed E-state index contributed by atoms with van der Waals surface area (Å²) in [5, 5.41) is 5.95. The van der Waals surface area contributed by atoms with Gasteiger partial charge in [0.2, 0.25) is 5.82 Å². The van der Waals surface area contributed by atoms with E-state index >= 15 is 0 Å². The number of nitrogens with zero attached hydrogens (tertiary/aromatic N) is 4. The molecule has 0 aliphatic rings. The Morgan fingerprint density at radius 2 is 1.69 bits per heavy atom. The van der Waals surface area contributed by atoms with Gasteiger partial charge in [0.1, 0.15) is 11.4 Å². The van der Waals surface area contributed by atoms with E-state index in [0.29, 0.717) is 28.1 Å². The molecule has 0 aliphatic heterocycles. The zero-order chi connectivity index (χ0) is 24.8. The number of hydrogen-bond donors (Lipinski definition) is 0. The van der Waals surface area contributed by atoms with Gasteiger partial charge in [-0.15, -0.1) is 0 Å². The predicted molar refractivity (Wildman–Crippen MR) is 139 cm³/mol. The summed E-state index contributed by atoms with van der Waals surface area (Å²) < 4.78 is 22.8. The Kier molecular flexibility index (Phi) is 5.11. The lowest BCUT2D eigenvalue weighted by Crippen LogP contribution is -2.20. The maximum atomic E-state index is 13.5. The largest absolute Gasteiger partial charge is 0.453 e. The first kappa shape index (κ1) is 21.7. The van der Waals surface area contributed by atoms with Crippen LogP contribution in [0.3, 0.4) is 0 Å². The first-order valence-corrected chi connectivity index (χ1v) is 11.5. The van der Waals surface area contributed by atoms with E-state index in [0.717, 1.165) is 28.0 Å². The molecule has 0 spiro atoms. The predicted octanol–water partition coefficient (Wildman–Crippen LogP) is 6.24. The minimum Gasteiger partial charge on any atom is -0.453 e. The van der Waals surface area contributed by atoms with E-state index in [1.165, 1.54) is 16.8 Å². The van der Waals surface area contributed by atoms with E-state index in [-0.39, 0.29) is 11.4 Å². The quantitative estimate of drug-likeness (QED) is 0.283. The average molecular weight is 477 g/mol. The van der Waals surface area contributed by atoms with E-state index < -0.39 is 0 Å². The smallest absolute Gasteiger partial charge is 0.282 e. The summed E-state index contributed by atoms with van der Waals surface area (Å²) in [6, 6.07) is 25.0. The third-order valence-electron chi connectivity index (χ3n) is 6.27. The van der Waals surface area contributed by atoms with E-state index in [1.807, 2.05) is 60.9 Å². The number of furan rings is 1. The Balaban J connectivity index is 1.51. The highest BCUT2D eigenvalue weighted by Gasteiger charge is 2.17. The number of aryl methyl sites for hydroxylation is 1. The van der Waals surface area contributed by atoms with Crippen molar-refractivity contribution in [2.24, 2.45) is 5.10 Å². The zero-order valence-corrected chi connectivity index (χ0v) is 19.6. The van der Waals surface area contributed by atoms with Crippen molar-refractivity contribution in [2.75, 3.05) is 0 Å². The highest BCUT2D eigenvalue weighted by molar-refractivity contribution is 5.85. The highest BCUT2D eigenvalue weighted by Crippen LogP contribution is 2.27. The second-order valence-electron chi connectivity index (χ2n) is 8.60. The van der Waals surface area contributed by atoms with E-state index in [9.17, 15) is 9.18 Å². The Morgan fingerprint density at radius 1 is 0.944 bits per heavy atom. The molecule has 3 aromatic heterocycles. The van der Waals surface area contributed by atoms with Gasteiger partial charge in [0, 0.05) is 28.0 Å². The summed E-state index contributed by atoms with van der Waals surface area (Å²) in [6.45, 7) is 3.93. The lowest BCUT2D eigenvalue weighted by atomic mass is 10.2. The summed E-state index contributed by atoms with van der Waals surface area (Å²) in [7, 11) is 0. The molecule has 0 saturated heterocycles. The van der Waals surface area contributed by atoms with Crippen molar-refractivity contribution in [2.45, 2.75) is 13.8 Å². The highest BCUT2D eigenvalue weighted by atomic mass is 19.1. The third-order valence-corrected chi connectivity index (χ3v) is 6.27. The Morgan fingerprint density at radius 3 is 2.50 bits per heavy atom. The molecule has 0 saturated carbocycles. The van der Waals surface area contributed by atoms with E-state index in [1.54, 1.807) is 36.5 Å². The van der Waals surface area contributed by atoms with Gasteiger partial charge < -0.3 is 8.98 Å². The summed E-state index contributed by atoms with van der Waals surface area (Å²) in [4.78, 5) is 18.2. The number of hydrogen-bond acceptors (Lipinski definition) is 4. The van der Waals surface area contributed by atoms with Gasteiger partial charge in [-0.1, -0.05) is 30.3 Å². The molecular formula is C29H21FN4O2. The lowest BCUT2D eigenvalue weighted by Gasteiger charge is -2.09. The zero-order valence-electron chi connectivity index (χ0n) is 19.6. The molecule has 0 atom stereocenters. The molecule has 6 nitrogen and oxygen atoms in total. The van der Waals surface area contributed by atoms with Crippen molar-refractivity contribution in [3.63, 3.8) is 0 Å². The number of para-hydroxylation sites is 2. The van der Waals surface area contributed by atoms with Crippen LogP contribution in [0.1, 0.15) is 17.0 Å². The second kappa shape index (κ2) is 8.46. The SMILES string of the molecule is Cc1cc(C=Nn2c(-c3cc4ccccc4o3)nc3ccccc3c2=O)c(C)n1-c1ccc(F)cc1. The van der Waals surface area contributed by atoms with Crippen LogP contribution in [-0.2, 0) is 0 Å². The van der Waals surface area contributed by atoms with Crippen molar-refractivity contribution in [3.05, 3.63) is 118 Å². The molecular weight excluding hydrogens is 455 g/mol. The van der Waals surface area contributed by atoms with Gasteiger partial charge in [0.05, 0.1) is 17.1 Å². The first-order valence-electron chi connectivity index (χ1n) is 11.5. The molecule has 3 heterocycles. The number of benzene rings is 3. The molecule has 6 rings (SSSR count). The van der Waals surface area contributed by atoms with Crippen LogP contribution in [-0.4, -0.2) is 20.4 Å². The van der Waals surface area contributed by atoms with Gasteiger partial charge in [-0.05, 0) is 68.4 Å². The van der Waals surface area contributed by atoms with Crippen LogP contribution in [0, 0.1) is 19.7 Å². The molecule has 0 fully saturated rings. The fourth-order valence-electron chi connectivity index (χ4n) is 4.51. The number of fused-ring (bicyclic) bond motifs is 2. The molecule has 0 N–H and O–H groups in total. The summed E-state index contributed by atoms with van der Waals surface area (Å²) in [5.74, 6) is 0.482. The Bertz CT molecular complexity index is 1810. The molecule has 7 heteroatoms. The van der Waals surface area contributed by atoms with E-state index in [4.69, 9.17) is 9.40 Å². The van der Waals surface area contributed by atoms with Crippen LogP contribution < -0.4 is 5.56 Å². The standard InChI is InChI=1S/C29H21FN4O2/c1-18-15-21(19(2)33(18)23-13-11-22(30)12-14-23)17-31-34-28(27-16-20-7-3-6-10-26(20)36-27)32-25-9-5-4-8-24(25)29(34)35/h3-17H,1-2H3. The van der Waals surface area contributed by atoms with Gasteiger partial charge in [0.25, 0.3) is 5.56 Å². The molecule has 0 unspecified atom stereocenters. The van der Waals surface area contributed by atoms with Gasteiger partial charge in [-0.2, -0.15) is 9.78 Å². The van der Waals surface area contributed by atoms with Gasteiger partial charge in [0.15, 0.2) is 5.76 Å². The normalized spacial score (nSPS) is 11.8. The molecule has 6 aromatic rings. The Labute approximate surface area is 205 Å². The van der Waals surface area contributed by atoms with Crippen LogP contribution in [0.5, 0.6) is 0 Å². The van der Waals surface area contributed by atoms with Gasteiger partial charge >= 0.3 is 0 Å². The van der Waals surface area contributed by atoms with Crippen LogP contribution in [0.4, 0.5) is 4.39 Å². The Hall–Kier alpha value is -4.78. The number of aromatic nitrogens is 3. The molecule has 0 aliphatic carbocycles. The van der Waals surface area contributed by atoms with Crippen LogP contribution in [0.25, 0.3) is 39.1 Å². The molecule has 3 aromatic carbocycles. The fourth-order valence-corrected chi connectivity index (χ4v) is 4.51. The number of rotatable bonds is 4. The molecule has 0 radical (unpaired) electrons. The van der Waals surface area contributed by atoms with E-state index in [2.05, 4.69) is 5.10 Å². The van der Waals surface area contributed by atoms with Crippen LogP contribution >= 0.6 is 0 Å². The molecule has 176 valence electrons. The monoisotopic (exact) mass is 476 g/mol. The summed E-state index contributed by atoms with van der Waals surface area (Å²) in [6.07, 6.45) is 1.65. The lowest BCUT2D eigenvalue weighted by molar-refractivity contribution is 0.616. The van der Waals surface area contributed by atoms with Crippen molar-refractivity contribution >= 4 is 28.1 Å². The van der Waals surface area contributed by atoms with Gasteiger partial charge in [-0.3, -0.25) is 4.79 Å². The van der Waals surface area contributed by atoms with Crippen LogP contribution in [0.2, 0.25) is 0 Å². The molecule has 0 amide bonds. The summed E-state index contributed by atoms with van der Waals surface area (Å²) >= 11 is 0. The minimum atomic E-state index is -0.292. The fraction of sp³-hybridized carbons (Fsp3) is 0.0690. The average Bonchev–Trinajstić information content (AvgIpc) is 3.44. The maximum absolute atomic E-state index is 13.5.